The highest BCUT2D eigenvalue weighted by Gasteiger charge is 2.37. The highest BCUT2D eigenvalue weighted by atomic mass is 32.2. The number of piperidine rings is 1. The number of amides is 3. The highest BCUT2D eigenvalue weighted by molar-refractivity contribution is 7.91. The summed E-state index contributed by atoms with van der Waals surface area (Å²) in [7, 11) is -3.09. The molecular formula is C19H27N5O4S2. The van der Waals surface area contributed by atoms with Gasteiger partial charge in [-0.05, 0) is 19.3 Å². The summed E-state index contributed by atoms with van der Waals surface area (Å²) in [5, 5.41) is 12.5. The maximum atomic E-state index is 13.0. The van der Waals surface area contributed by atoms with Crippen LogP contribution in [-0.4, -0.2) is 72.3 Å². The van der Waals surface area contributed by atoms with Crippen LogP contribution in [0.1, 0.15) is 50.6 Å². The molecule has 1 unspecified atom stereocenters. The van der Waals surface area contributed by atoms with Crippen LogP contribution in [0.5, 0.6) is 0 Å². The molecule has 1 aromatic rings. The SMILES string of the molecule is CC(C)(C)c1nc(NC(=O)C2CCCCN2C(=O)N2CCS(=O)(=O)CC2)sc1C#N. The van der Waals surface area contributed by atoms with Crippen molar-refractivity contribution in [2.45, 2.75) is 51.5 Å². The molecule has 30 heavy (non-hydrogen) atoms. The molecule has 3 rings (SSSR count). The second-order valence-electron chi connectivity index (χ2n) is 8.67. The zero-order valence-corrected chi connectivity index (χ0v) is 19.1. The summed E-state index contributed by atoms with van der Waals surface area (Å²) in [4.78, 5) is 33.9. The molecule has 1 aromatic heterocycles. The molecule has 9 nitrogen and oxygen atoms in total. The Morgan fingerprint density at radius 3 is 2.43 bits per heavy atom. The number of rotatable bonds is 2. The van der Waals surface area contributed by atoms with E-state index in [4.69, 9.17) is 0 Å². The van der Waals surface area contributed by atoms with E-state index in [-0.39, 0.29) is 41.9 Å². The molecule has 0 aromatic carbocycles. The summed E-state index contributed by atoms with van der Waals surface area (Å²) in [6, 6.07) is 1.20. The van der Waals surface area contributed by atoms with E-state index in [1.165, 1.54) is 4.90 Å². The van der Waals surface area contributed by atoms with Crippen molar-refractivity contribution in [2.24, 2.45) is 0 Å². The number of sulfone groups is 1. The molecule has 0 bridgehead atoms. The minimum absolute atomic E-state index is 0.0466. The van der Waals surface area contributed by atoms with Gasteiger partial charge in [-0.15, -0.1) is 0 Å². The fourth-order valence-corrected chi connectivity index (χ4v) is 5.84. The van der Waals surface area contributed by atoms with Crippen LogP contribution in [0.2, 0.25) is 0 Å². The van der Waals surface area contributed by atoms with Crippen molar-refractivity contribution in [3.8, 4) is 6.07 Å². The van der Waals surface area contributed by atoms with E-state index in [0.717, 1.165) is 24.2 Å². The predicted molar refractivity (Wildman–Crippen MR) is 114 cm³/mol. The zero-order chi connectivity index (χ0) is 22.1. The average Bonchev–Trinajstić information content (AvgIpc) is 3.11. The van der Waals surface area contributed by atoms with Gasteiger partial charge in [0, 0.05) is 25.0 Å². The fraction of sp³-hybridized carbons (Fsp3) is 0.684. The Kier molecular flexibility index (Phi) is 6.38. The van der Waals surface area contributed by atoms with E-state index in [2.05, 4.69) is 16.4 Å². The summed E-state index contributed by atoms with van der Waals surface area (Å²) in [5.74, 6) is -0.421. The van der Waals surface area contributed by atoms with Crippen molar-refractivity contribution in [3.05, 3.63) is 10.6 Å². The summed E-state index contributed by atoms with van der Waals surface area (Å²) in [5.41, 5.74) is 0.308. The first-order valence-corrected chi connectivity index (χ1v) is 12.6. The van der Waals surface area contributed by atoms with Gasteiger partial charge in [-0.3, -0.25) is 4.79 Å². The lowest BCUT2D eigenvalue weighted by molar-refractivity contribution is -0.121. The van der Waals surface area contributed by atoms with Crippen molar-refractivity contribution in [2.75, 3.05) is 36.5 Å². The van der Waals surface area contributed by atoms with Gasteiger partial charge in [-0.25, -0.2) is 18.2 Å². The molecule has 1 N–H and O–H groups in total. The number of thiazole rings is 1. The quantitative estimate of drug-likeness (QED) is 0.730. The summed E-state index contributed by atoms with van der Waals surface area (Å²) in [6.07, 6.45) is 2.16. The van der Waals surface area contributed by atoms with Crippen LogP contribution in [0.3, 0.4) is 0 Å². The molecule has 3 heterocycles. The Balaban J connectivity index is 1.73. The number of hydrogen-bond donors (Lipinski definition) is 1. The molecule has 1 atom stereocenters. The molecule has 2 saturated heterocycles. The van der Waals surface area contributed by atoms with E-state index in [1.54, 1.807) is 4.90 Å². The monoisotopic (exact) mass is 453 g/mol. The Labute approximate surface area is 181 Å². The van der Waals surface area contributed by atoms with Gasteiger partial charge in [0.2, 0.25) is 5.91 Å². The summed E-state index contributed by atoms with van der Waals surface area (Å²) >= 11 is 1.13. The number of carbonyl (C=O) groups is 2. The molecule has 3 amide bonds. The number of urea groups is 1. The topological polar surface area (TPSA) is 123 Å². The number of hydrogen-bond acceptors (Lipinski definition) is 7. The number of nitrogens with one attached hydrogen (secondary N) is 1. The van der Waals surface area contributed by atoms with Crippen molar-refractivity contribution in [1.82, 2.24) is 14.8 Å². The van der Waals surface area contributed by atoms with Gasteiger partial charge in [-0.2, -0.15) is 5.26 Å². The standard InChI is InChI=1S/C19H27N5O4S2/c1-19(2,3)15-14(12-20)29-17(21-15)22-16(25)13-6-4-5-7-24(13)18(26)23-8-10-30(27,28)11-9-23/h13H,4-11H2,1-3H3,(H,21,22,25). The van der Waals surface area contributed by atoms with Crippen LogP contribution in [0.4, 0.5) is 9.93 Å². The molecule has 0 spiro atoms. The Bertz CT molecular complexity index is 960. The van der Waals surface area contributed by atoms with E-state index < -0.39 is 15.9 Å². The van der Waals surface area contributed by atoms with E-state index in [0.29, 0.717) is 28.7 Å². The first-order valence-electron chi connectivity index (χ1n) is 10.00. The van der Waals surface area contributed by atoms with Crippen LogP contribution in [0, 0.1) is 11.3 Å². The van der Waals surface area contributed by atoms with Gasteiger partial charge in [0.1, 0.15) is 17.0 Å². The van der Waals surface area contributed by atoms with Gasteiger partial charge in [0.05, 0.1) is 17.2 Å². The third kappa shape index (κ3) is 4.92. The molecular weight excluding hydrogens is 426 g/mol. The maximum Gasteiger partial charge on any atom is 0.320 e. The molecule has 164 valence electrons. The van der Waals surface area contributed by atoms with Crippen molar-refractivity contribution < 1.29 is 18.0 Å². The van der Waals surface area contributed by atoms with Gasteiger partial charge in [-0.1, -0.05) is 32.1 Å². The minimum Gasteiger partial charge on any atom is -0.323 e. The van der Waals surface area contributed by atoms with Crippen molar-refractivity contribution >= 4 is 38.2 Å². The minimum atomic E-state index is -3.09. The third-order valence-electron chi connectivity index (χ3n) is 5.34. The predicted octanol–water partition coefficient (Wildman–Crippen LogP) is 1.96. The smallest absolute Gasteiger partial charge is 0.320 e. The first-order chi connectivity index (χ1) is 14.0. The molecule has 11 heteroatoms. The Hall–Kier alpha value is -2.19. The first kappa shape index (κ1) is 22.5. The number of likely N-dealkylation sites (tertiary alicyclic amines) is 1. The molecule has 0 saturated carbocycles. The third-order valence-corrected chi connectivity index (χ3v) is 7.82. The van der Waals surface area contributed by atoms with Gasteiger partial charge < -0.3 is 15.1 Å². The number of anilines is 1. The van der Waals surface area contributed by atoms with E-state index in [1.807, 2.05) is 20.8 Å². The molecule has 0 radical (unpaired) electrons. The van der Waals surface area contributed by atoms with Crippen LogP contribution in [0.15, 0.2) is 0 Å². The largest absolute Gasteiger partial charge is 0.323 e. The average molecular weight is 454 g/mol. The maximum absolute atomic E-state index is 13.0. The number of carbonyl (C=O) groups excluding carboxylic acids is 2. The second kappa shape index (κ2) is 8.51. The lowest BCUT2D eigenvalue weighted by Crippen LogP contribution is -2.56. The lowest BCUT2D eigenvalue weighted by atomic mass is 9.91. The molecule has 2 aliphatic heterocycles. The van der Waals surface area contributed by atoms with Gasteiger partial charge in [0.25, 0.3) is 0 Å². The van der Waals surface area contributed by atoms with Crippen LogP contribution in [-0.2, 0) is 20.0 Å². The Morgan fingerprint density at radius 2 is 1.87 bits per heavy atom. The fourth-order valence-electron chi connectivity index (χ4n) is 3.66. The molecule has 2 fully saturated rings. The lowest BCUT2D eigenvalue weighted by Gasteiger charge is -2.39. The second-order valence-corrected chi connectivity index (χ2v) is 12.0. The van der Waals surface area contributed by atoms with Gasteiger partial charge in [0.15, 0.2) is 15.0 Å². The zero-order valence-electron chi connectivity index (χ0n) is 17.5. The van der Waals surface area contributed by atoms with Crippen LogP contribution in [0.25, 0.3) is 0 Å². The highest BCUT2D eigenvalue weighted by Crippen LogP contribution is 2.32. The van der Waals surface area contributed by atoms with Crippen LogP contribution >= 0.6 is 11.3 Å². The Morgan fingerprint density at radius 1 is 1.20 bits per heavy atom. The van der Waals surface area contributed by atoms with E-state index in [9.17, 15) is 23.3 Å². The van der Waals surface area contributed by atoms with Gasteiger partial charge >= 0.3 is 6.03 Å². The summed E-state index contributed by atoms with van der Waals surface area (Å²) in [6.45, 7) is 6.62. The van der Waals surface area contributed by atoms with E-state index >= 15 is 0 Å². The normalized spacial score (nSPS) is 21.7. The molecule has 2 aliphatic rings. The number of nitrogens with zero attached hydrogens (tertiary/aromatic N) is 4. The number of aromatic nitrogens is 1. The summed E-state index contributed by atoms with van der Waals surface area (Å²) < 4.78 is 23.3. The van der Waals surface area contributed by atoms with Crippen molar-refractivity contribution in [1.29, 1.82) is 5.26 Å². The molecule has 0 aliphatic carbocycles. The number of nitriles is 1. The van der Waals surface area contributed by atoms with Crippen LogP contribution < -0.4 is 5.32 Å². The van der Waals surface area contributed by atoms with Crippen molar-refractivity contribution in [3.63, 3.8) is 0 Å².